The maximum atomic E-state index is 13.0. The van der Waals surface area contributed by atoms with Crippen LogP contribution in [-0.4, -0.2) is 52.8 Å². The number of nitrogens with zero attached hydrogens (tertiary/aromatic N) is 4. The number of amides is 1. The number of carboxylic acid groups (broad SMARTS) is 1. The molecule has 2 fully saturated rings. The molecule has 1 spiro atoms. The van der Waals surface area contributed by atoms with E-state index in [9.17, 15) is 18.0 Å². The van der Waals surface area contributed by atoms with Crippen LogP contribution in [0, 0.1) is 5.41 Å². The Kier molecular flexibility index (Phi) is 6.06. The van der Waals surface area contributed by atoms with Crippen LogP contribution in [-0.2, 0) is 9.59 Å². The van der Waals surface area contributed by atoms with Crippen LogP contribution in [0.15, 0.2) is 35.3 Å². The topological polar surface area (TPSA) is 86.6 Å². The Hall–Kier alpha value is -2.69. The first-order valence-corrected chi connectivity index (χ1v) is 9.83. The van der Waals surface area contributed by atoms with E-state index >= 15 is 0 Å². The molecule has 29 heavy (non-hydrogen) atoms. The summed E-state index contributed by atoms with van der Waals surface area (Å²) >= 11 is 1.64. The highest BCUT2D eigenvalue weighted by molar-refractivity contribution is 7.08. The molecule has 2 aliphatic heterocycles. The van der Waals surface area contributed by atoms with Gasteiger partial charge in [0.25, 0.3) is 0 Å². The minimum absolute atomic E-state index is 0.264. The standard InChI is InChI=1S/C16H18N4OS.C2HF3O2/c21-14-16(5-9-20(14)13-3-10-22-11-13)4-1-8-19(12-16)15-17-6-2-7-18-15;3-2(4,5)1(6)7/h2-3,6-7,10-11H,1,4-5,8-9,12H2;(H,6,7). The van der Waals surface area contributed by atoms with Gasteiger partial charge < -0.3 is 14.9 Å². The molecule has 1 atom stereocenters. The van der Waals surface area contributed by atoms with Crippen molar-refractivity contribution in [1.82, 2.24) is 9.97 Å². The van der Waals surface area contributed by atoms with E-state index in [4.69, 9.17) is 9.90 Å². The lowest BCUT2D eigenvalue weighted by atomic mass is 9.78. The molecular formula is C18H19F3N4O3S. The van der Waals surface area contributed by atoms with Crippen molar-refractivity contribution in [1.29, 1.82) is 0 Å². The van der Waals surface area contributed by atoms with Crippen LogP contribution in [0.25, 0.3) is 0 Å². The van der Waals surface area contributed by atoms with E-state index in [0.29, 0.717) is 0 Å². The number of carboxylic acids is 1. The van der Waals surface area contributed by atoms with Crippen LogP contribution in [0.1, 0.15) is 19.3 Å². The van der Waals surface area contributed by atoms with Gasteiger partial charge in [-0.3, -0.25) is 4.79 Å². The Labute approximate surface area is 168 Å². The van der Waals surface area contributed by atoms with Gasteiger partial charge in [0.2, 0.25) is 11.9 Å². The van der Waals surface area contributed by atoms with E-state index in [1.165, 1.54) is 0 Å². The number of piperidine rings is 1. The number of halogens is 3. The Morgan fingerprint density at radius 1 is 1.21 bits per heavy atom. The highest BCUT2D eigenvalue weighted by atomic mass is 32.1. The van der Waals surface area contributed by atoms with Gasteiger partial charge in [-0.05, 0) is 36.8 Å². The number of carbonyl (C=O) groups is 2. The lowest BCUT2D eigenvalue weighted by Gasteiger charge is -2.38. The van der Waals surface area contributed by atoms with Gasteiger partial charge >= 0.3 is 12.1 Å². The summed E-state index contributed by atoms with van der Waals surface area (Å²) in [5, 5.41) is 11.2. The quantitative estimate of drug-likeness (QED) is 0.791. The number of rotatable bonds is 2. The Morgan fingerprint density at radius 3 is 2.48 bits per heavy atom. The number of aliphatic carboxylic acids is 1. The van der Waals surface area contributed by atoms with Crippen molar-refractivity contribution in [3.05, 3.63) is 35.3 Å². The predicted octanol–water partition coefficient (Wildman–Crippen LogP) is 3.19. The van der Waals surface area contributed by atoms with E-state index in [0.717, 1.165) is 50.5 Å². The van der Waals surface area contributed by atoms with Crippen molar-refractivity contribution in [2.75, 3.05) is 29.4 Å². The number of aromatic nitrogens is 2. The van der Waals surface area contributed by atoms with Gasteiger partial charge in [-0.25, -0.2) is 14.8 Å². The highest BCUT2D eigenvalue weighted by Gasteiger charge is 2.49. The number of thiophene rings is 1. The number of anilines is 2. The van der Waals surface area contributed by atoms with E-state index in [1.54, 1.807) is 23.7 Å². The first-order valence-electron chi connectivity index (χ1n) is 8.89. The maximum Gasteiger partial charge on any atom is 0.490 e. The average Bonchev–Trinajstić information content (AvgIpc) is 3.32. The lowest BCUT2D eigenvalue weighted by Crippen LogP contribution is -2.48. The molecule has 156 valence electrons. The predicted molar refractivity (Wildman–Crippen MR) is 101 cm³/mol. The van der Waals surface area contributed by atoms with E-state index in [2.05, 4.69) is 20.2 Å². The van der Waals surface area contributed by atoms with Gasteiger partial charge in [0, 0.05) is 37.4 Å². The molecule has 0 bridgehead atoms. The van der Waals surface area contributed by atoms with Crippen LogP contribution in [0.5, 0.6) is 0 Å². The summed E-state index contributed by atoms with van der Waals surface area (Å²) in [4.78, 5) is 34.7. The normalized spacial score (nSPS) is 21.8. The third-order valence-electron chi connectivity index (χ3n) is 4.98. The zero-order valence-electron chi connectivity index (χ0n) is 15.3. The molecule has 1 N–H and O–H groups in total. The molecule has 4 heterocycles. The first-order chi connectivity index (χ1) is 13.7. The zero-order chi connectivity index (χ0) is 21.1. The molecule has 2 aliphatic rings. The van der Waals surface area contributed by atoms with Crippen LogP contribution in [0.2, 0.25) is 0 Å². The summed E-state index contributed by atoms with van der Waals surface area (Å²) in [6.07, 6.45) is 1.35. The third kappa shape index (κ3) is 4.66. The van der Waals surface area contributed by atoms with Crippen LogP contribution < -0.4 is 9.80 Å². The van der Waals surface area contributed by atoms with Crippen LogP contribution >= 0.6 is 11.3 Å². The smallest absolute Gasteiger partial charge is 0.475 e. The van der Waals surface area contributed by atoms with Gasteiger partial charge in [-0.15, -0.1) is 0 Å². The molecular weight excluding hydrogens is 409 g/mol. The fraction of sp³-hybridized carbons (Fsp3) is 0.444. The summed E-state index contributed by atoms with van der Waals surface area (Å²) in [7, 11) is 0. The van der Waals surface area contributed by atoms with E-state index in [-0.39, 0.29) is 11.3 Å². The Morgan fingerprint density at radius 2 is 1.90 bits per heavy atom. The molecule has 7 nitrogen and oxygen atoms in total. The molecule has 2 aromatic rings. The maximum absolute atomic E-state index is 13.0. The van der Waals surface area contributed by atoms with Crippen molar-refractivity contribution in [2.24, 2.45) is 5.41 Å². The largest absolute Gasteiger partial charge is 0.490 e. The van der Waals surface area contributed by atoms with Crippen LogP contribution in [0.3, 0.4) is 0 Å². The molecule has 0 aliphatic carbocycles. The van der Waals surface area contributed by atoms with Crippen molar-refractivity contribution in [3.63, 3.8) is 0 Å². The molecule has 1 amide bonds. The van der Waals surface area contributed by atoms with Gasteiger partial charge in [0.15, 0.2) is 0 Å². The van der Waals surface area contributed by atoms with Crippen LogP contribution in [0.4, 0.5) is 24.8 Å². The van der Waals surface area contributed by atoms with Crippen molar-refractivity contribution in [3.8, 4) is 0 Å². The minimum atomic E-state index is -5.08. The van der Waals surface area contributed by atoms with Gasteiger partial charge in [0.1, 0.15) is 0 Å². The number of alkyl halides is 3. The highest BCUT2D eigenvalue weighted by Crippen LogP contribution is 2.42. The minimum Gasteiger partial charge on any atom is -0.475 e. The average molecular weight is 428 g/mol. The third-order valence-corrected chi connectivity index (χ3v) is 5.66. The molecule has 0 aromatic carbocycles. The molecule has 11 heteroatoms. The van der Waals surface area contributed by atoms with Crippen molar-refractivity contribution < 1.29 is 27.9 Å². The Balaban J connectivity index is 0.000000298. The van der Waals surface area contributed by atoms with Crippen molar-refractivity contribution >= 4 is 34.8 Å². The summed E-state index contributed by atoms with van der Waals surface area (Å²) in [5.41, 5.74) is 0.777. The molecule has 0 radical (unpaired) electrons. The SMILES string of the molecule is O=C(O)C(F)(F)F.O=C1N(c2ccsc2)CCC12CCCN(c1ncccn1)C2. The number of hydrogen-bond donors (Lipinski definition) is 1. The summed E-state index contributed by atoms with van der Waals surface area (Å²) in [6.45, 7) is 2.48. The molecule has 0 saturated carbocycles. The summed E-state index contributed by atoms with van der Waals surface area (Å²) < 4.78 is 31.7. The lowest BCUT2D eigenvalue weighted by molar-refractivity contribution is -0.192. The second-order valence-corrected chi connectivity index (χ2v) is 7.63. The molecule has 1 unspecified atom stereocenters. The van der Waals surface area contributed by atoms with E-state index in [1.807, 2.05) is 22.4 Å². The fourth-order valence-electron chi connectivity index (χ4n) is 3.61. The molecule has 2 saturated heterocycles. The molecule has 2 aromatic heterocycles. The van der Waals surface area contributed by atoms with Crippen molar-refractivity contribution in [2.45, 2.75) is 25.4 Å². The van der Waals surface area contributed by atoms with Gasteiger partial charge in [-0.1, -0.05) is 0 Å². The summed E-state index contributed by atoms with van der Waals surface area (Å²) in [5.74, 6) is -1.75. The fourth-order valence-corrected chi connectivity index (χ4v) is 4.26. The van der Waals surface area contributed by atoms with Gasteiger partial charge in [-0.2, -0.15) is 24.5 Å². The number of carbonyl (C=O) groups excluding carboxylic acids is 1. The monoisotopic (exact) mass is 428 g/mol. The Bertz CT molecular complexity index is 848. The summed E-state index contributed by atoms with van der Waals surface area (Å²) in [6, 6.07) is 3.85. The van der Waals surface area contributed by atoms with E-state index < -0.39 is 12.1 Å². The second kappa shape index (κ2) is 8.36. The second-order valence-electron chi connectivity index (χ2n) is 6.85. The number of hydrogen-bond acceptors (Lipinski definition) is 6. The zero-order valence-corrected chi connectivity index (χ0v) is 16.1. The van der Waals surface area contributed by atoms with Gasteiger partial charge in [0.05, 0.1) is 11.1 Å². The molecule has 4 rings (SSSR count). The first kappa shape index (κ1) is 21.0.